The van der Waals surface area contributed by atoms with Gasteiger partial charge in [0.15, 0.2) is 11.5 Å². The lowest BCUT2D eigenvalue weighted by Crippen LogP contribution is -1.99. The van der Waals surface area contributed by atoms with Crippen LogP contribution in [0.5, 0.6) is 11.5 Å². The van der Waals surface area contributed by atoms with Crippen LogP contribution in [0.3, 0.4) is 0 Å². The standard InChI is InChI=1S/C10H7ClO4S/c11-16(12,13)8-4-3-7-10(15-5-14-7)9(8)6-1-2-6/h1-4,6H,5H2. The monoisotopic (exact) mass is 258 g/mol. The minimum Gasteiger partial charge on any atom is -0.454 e. The largest absolute Gasteiger partial charge is 0.454 e. The van der Waals surface area contributed by atoms with E-state index in [-0.39, 0.29) is 17.6 Å². The van der Waals surface area contributed by atoms with Crippen molar-refractivity contribution in [1.82, 2.24) is 0 Å². The van der Waals surface area contributed by atoms with Crippen molar-refractivity contribution in [2.75, 3.05) is 6.79 Å². The van der Waals surface area contributed by atoms with Gasteiger partial charge >= 0.3 is 0 Å². The highest BCUT2D eigenvalue weighted by molar-refractivity contribution is 8.13. The Kier molecular flexibility index (Phi) is 1.96. The van der Waals surface area contributed by atoms with Crippen LogP contribution in [0.1, 0.15) is 11.5 Å². The lowest BCUT2D eigenvalue weighted by molar-refractivity contribution is 0.173. The Morgan fingerprint density at radius 3 is 2.62 bits per heavy atom. The van der Waals surface area contributed by atoms with Gasteiger partial charge < -0.3 is 9.47 Å². The van der Waals surface area contributed by atoms with Crippen LogP contribution >= 0.6 is 10.7 Å². The van der Waals surface area contributed by atoms with E-state index >= 15 is 0 Å². The summed E-state index contributed by atoms with van der Waals surface area (Å²) in [6.07, 6.45) is 3.76. The molecule has 0 atom stereocenters. The fourth-order valence-corrected chi connectivity index (χ4v) is 2.88. The van der Waals surface area contributed by atoms with Gasteiger partial charge in [0, 0.05) is 22.2 Å². The van der Waals surface area contributed by atoms with Crippen LogP contribution < -0.4 is 9.47 Å². The molecule has 6 heteroatoms. The first kappa shape index (κ1) is 9.99. The van der Waals surface area contributed by atoms with E-state index in [4.69, 9.17) is 20.2 Å². The number of rotatable bonds is 2. The number of benzene rings is 1. The molecule has 84 valence electrons. The van der Waals surface area contributed by atoms with E-state index in [2.05, 4.69) is 0 Å². The molecule has 1 heterocycles. The third-order valence-corrected chi connectivity index (χ3v) is 3.90. The molecule has 0 amide bonds. The summed E-state index contributed by atoms with van der Waals surface area (Å²) in [4.78, 5) is 0.0911. The molecule has 4 nitrogen and oxygen atoms in total. The Morgan fingerprint density at radius 2 is 2.00 bits per heavy atom. The topological polar surface area (TPSA) is 52.6 Å². The molecular formula is C10H7ClO4S. The normalized spacial score (nSPS) is 17.8. The van der Waals surface area contributed by atoms with Gasteiger partial charge in [0.2, 0.25) is 6.79 Å². The fraction of sp³-hybridized carbons (Fsp3) is 0.200. The maximum atomic E-state index is 11.4. The lowest BCUT2D eigenvalue weighted by Gasteiger charge is -2.09. The van der Waals surface area contributed by atoms with Crippen LogP contribution in [-0.2, 0) is 9.05 Å². The Balaban J connectivity index is 2.26. The number of hydrogen-bond acceptors (Lipinski definition) is 4. The molecule has 0 bridgehead atoms. The highest BCUT2D eigenvalue weighted by Crippen LogP contribution is 2.47. The first-order valence-electron chi connectivity index (χ1n) is 4.63. The van der Waals surface area contributed by atoms with Crippen LogP contribution in [0.2, 0.25) is 0 Å². The molecular weight excluding hydrogens is 252 g/mol. The van der Waals surface area contributed by atoms with E-state index in [1.54, 1.807) is 6.07 Å². The van der Waals surface area contributed by atoms with E-state index in [9.17, 15) is 8.42 Å². The van der Waals surface area contributed by atoms with Crippen molar-refractivity contribution in [3.8, 4) is 11.5 Å². The zero-order valence-corrected chi connectivity index (χ0v) is 9.59. The summed E-state index contributed by atoms with van der Waals surface area (Å²) in [6.45, 7) is 0.112. The molecule has 2 aliphatic rings. The zero-order valence-electron chi connectivity index (χ0n) is 8.01. The first-order chi connectivity index (χ1) is 7.57. The summed E-state index contributed by atoms with van der Waals surface area (Å²) >= 11 is 0. The molecule has 0 aromatic heterocycles. The molecule has 0 spiro atoms. The summed E-state index contributed by atoms with van der Waals surface area (Å²) < 4.78 is 33.3. The minimum atomic E-state index is -3.76. The molecule has 16 heavy (non-hydrogen) atoms. The van der Waals surface area contributed by atoms with Gasteiger partial charge in [0.25, 0.3) is 9.05 Å². The van der Waals surface area contributed by atoms with Gasteiger partial charge in [-0.25, -0.2) is 8.42 Å². The van der Waals surface area contributed by atoms with Crippen molar-refractivity contribution in [2.45, 2.75) is 10.8 Å². The highest BCUT2D eigenvalue weighted by atomic mass is 35.7. The van der Waals surface area contributed by atoms with Gasteiger partial charge in [0.1, 0.15) is 0 Å². The van der Waals surface area contributed by atoms with Crippen molar-refractivity contribution < 1.29 is 17.9 Å². The molecule has 3 rings (SSSR count). The summed E-state index contributed by atoms with van der Waals surface area (Å²) in [6, 6.07) is 3.01. The van der Waals surface area contributed by atoms with Gasteiger partial charge in [-0.15, -0.1) is 0 Å². The first-order valence-corrected chi connectivity index (χ1v) is 6.94. The Hall–Kier alpha value is -1.20. The van der Waals surface area contributed by atoms with Crippen LogP contribution in [-0.4, -0.2) is 15.2 Å². The van der Waals surface area contributed by atoms with Gasteiger partial charge in [0.05, 0.1) is 4.90 Å². The van der Waals surface area contributed by atoms with E-state index in [1.165, 1.54) is 6.07 Å². The average Bonchev–Trinajstić information content (AvgIpc) is 2.92. The predicted molar refractivity (Wildman–Crippen MR) is 57.5 cm³/mol. The van der Waals surface area contributed by atoms with Crippen molar-refractivity contribution in [3.63, 3.8) is 0 Å². The number of fused-ring (bicyclic) bond motifs is 1. The number of ether oxygens (including phenoxy) is 2. The smallest absolute Gasteiger partial charge is 0.261 e. The average molecular weight is 259 g/mol. The van der Waals surface area contributed by atoms with Crippen molar-refractivity contribution in [2.24, 2.45) is 0 Å². The molecule has 0 fully saturated rings. The minimum absolute atomic E-state index is 0.0137. The summed E-state index contributed by atoms with van der Waals surface area (Å²) in [5.41, 5.74) is 0.574. The van der Waals surface area contributed by atoms with Crippen LogP contribution in [0.25, 0.3) is 0 Å². The molecule has 1 aromatic rings. The second-order valence-corrected chi connectivity index (χ2v) is 6.09. The zero-order chi connectivity index (χ0) is 11.3. The summed E-state index contributed by atoms with van der Waals surface area (Å²) in [5.74, 6) is 1.03. The van der Waals surface area contributed by atoms with Gasteiger partial charge in [-0.05, 0) is 12.1 Å². The van der Waals surface area contributed by atoms with E-state index in [1.807, 2.05) is 12.2 Å². The van der Waals surface area contributed by atoms with E-state index in [0.29, 0.717) is 17.1 Å². The third kappa shape index (κ3) is 1.47. The summed E-state index contributed by atoms with van der Waals surface area (Å²) in [5, 5.41) is 0. The Bertz CT molecular complexity index is 585. The van der Waals surface area contributed by atoms with Crippen molar-refractivity contribution in [1.29, 1.82) is 0 Å². The number of halogens is 1. The maximum absolute atomic E-state index is 11.4. The van der Waals surface area contributed by atoms with Gasteiger partial charge in [-0.3, -0.25) is 0 Å². The van der Waals surface area contributed by atoms with Crippen molar-refractivity contribution >= 4 is 19.7 Å². The summed E-state index contributed by atoms with van der Waals surface area (Å²) in [7, 11) is 1.62. The van der Waals surface area contributed by atoms with Crippen molar-refractivity contribution in [3.05, 3.63) is 29.8 Å². The van der Waals surface area contributed by atoms with Crippen LogP contribution in [0.15, 0.2) is 29.2 Å². The number of hydrogen-bond donors (Lipinski definition) is 0. The second kappa shape index (κ2) is 3.15. The van der Waals surface area contributed by atoms with Gasteiger partial charge in [-0.1, -0.05) is 12.2 Å². The molecule has 1 aliphatic heterocycles. The second-order valence-electron chi connectivity index (χ2n) is 3.56. The molecule has 0 unspecified atom stereocenters. The SMILES string of the molecule is O=S(=O)(Cl)c1ccc2c(c1C1C=C1)OCO2. The third-order valence-electron chi connectivity index (χ3n) is 2.52. The highest BCUT2D eigenvalue weighted by Gasteiger charge is 2.32. The fourth-order valence-electron chi connectivity index (χ4n) is 1.75. The van der Waals surface area contributed by atoms with Crippen LogP contribution in [0, 0.1) is 0 Å². The molecule has 1 aromatic carbocycles. The Morgan fingerprint density at radius 1 is 1.25 bits per heavy atom. The molecule has 0 N–H and O–H groups in total. The predicted octanol–water partition coefficient (Wildman–Crippen LogP) is 2.00. The molecule has 1 aliphatic carbocycles. The van der Waals surface area contributed by atoms with Crippen LogP contribution in [0.4, 0.5) is 0 Å². The Labute approximate surface area is 96.8 Å². The lowest BCUT2D eigenvalue weighted by atomic mass is 10.1. The van der Waals surface area contributed by atoms with E-state index < -0.39 is 9.05 Å². The van der Waals surface area contributed by atoms with E-state index in [0.717, 1.165) is 0 Å². The number of allylic oxidation sites excluding steroid dienone is 2. The maximum Gasteiger partial charge on any atom is 0.261 e. The quantitative estimate of drug-likeness (QED) is 0.601. The molecule has 0 radical (unpaired) electrons. The molecule has 0 saturated carbocycles. The molecule has 0 saturated heterocycles. The van der Waals surface area contributed by atoms with Gasteiger partial charge in [-0.2, -0.15) is 0 Å².